The van der Waals surface area contributed by atoms with E-state index < -0.39 is 0 Å². The molecule has 0 bridgehead atoms. The van der Waals surface area contributed by atoms with Gasteiger partial charge in [-0.2, -0.15) is 0 Å². The van der Waals surface area contributed by atoms with Crippen LogP contribution in [0.5, 0.6) is 5.75 Å². The molecule has 1 aromatic carbocycles. The number of phenolic OH excluding ortho intramolecular Hbond substituents is 1. The minimum Gasteiger partial charge on any atom is -0.508 e. The zero-order chi connectivity index (χ0) is 17.0. The summed E-state index contributed by atoms with van der Waals surface area (Å²) in [6.07, 6.45) is 14.0. The molecule has 0 atom stereocenters. The number of nitrogens with zero attached hydrogens (tertiary/aromatic N) is 2. The van der Waals surface area contributed by atoms with Crippen LogP contribution in [0.2, 0.25) is 0 Å². The van der Waals surface area contributed by atoms with Crippen LogP contribution >= 0.6 is 0 Å². The molecule has 0 amide bonds. The molecule has 0 aromatic heterocycles. The van der Waals surface area contributed by atoms with E-state index in [0.29, 0.717) is 6.54 Å². The van der Waals surface area contributed by atoms with Crippen LogP contribution < -0.4 is 4.90 Å². The van der Waals surface area contributed by atoms with E-state index in [1.54, 1.807) is 24.7 Å². The Morgan fingerprint density at radius 3 is 2.38 bits per heavy atom. The number of benzene rings is 1. The summed E-state index contributed by atoms with van der Waals surface area (Å²) in [6.45, 7) is 3.70. The lowest BCUT2D eigenvalue weighted by molar-refractivity contribution is 0.201. The van der Waals surface area contributed by atoms with Crippen molar-refractivity contribution >= 4 is 12.0 Å². The van der Waals surface area contributed by atoms with Gasteiger partial charge in [-0.1, -0.05) is 51.9 Å². The maximum Gasteiger partial charge on any atom is 0.134 e. The van der Waals surface area contributed by atoms with Crippen molar-refractivity contribution in [2.75, 3.05) is 18.1 Å². The Hall–Kier alpha value is -1.97. The summed E-state index contributed by atoms with van der Waals surface area (Å²) in [5, 5.41) is 9.37. The molecule has 4 nitrogen and oxygen atoms in total. The Kier molecular flexibility index (Phi) is 8.22. The van der Waals surface area contributed by atoms with Crippen LogP contribution in [0.15, 0.2) is 41.2 Å². The minimum absolute atomic E-state index is 0.273. The van der Waals surface area contributed by atoms with Gasteiger partial charge in [0.1, 0.15) is 11.5 Å². The highest BCUT2D eigenvalue weighted by atomic mass is 16.5. The number of rotatable bonds is 11. The predicted octanol–water partition coefficient (Wildman–Crippen LogP) is 5.24. The molecule has 1 aliphatic heterocycles. The number of phenols is 1. The first-order chi connectivity index (χ1) is 11.8. The number of aliphatic imine (C=N–C) groups is 1. The van der Waals surface area contributed by atoms with Crippen molar-refractivity contribution in [3.63, 3.8) is 0 Å². The van der Waals surface area contributed by atoms with Crippen molar-refractivity contribution in [1.29, 1.82) is 0 Å². The fourth-order valence-corrected chi connectivity index (χ4v) is 2.77. The fourth-order valence-electron chi connectivity index (χ4n) is 2.77. The number of aromatic hydroxyl groups is 1. The van der Waals surface area contributed by atoms with Crippen molar-refractivity contribution in [2.24, 2.45) is 4.99 Å². The van der Waals surface area contributed by atoms with Crippen molar-refractivity contribution < 1.29 is 9.84 Å². The number of anilines is 1. The number of hydrogen-bond acceptors (Lipinski definition) is 4. The van der Waals surface area contributed by atoms with Gasteiger partial charge in [0.25, 0.3) is 0 Å². The summed E-state index contributed by atoms with van der Waals surface area (Å²) in [4.78, 5) is 6.26. The molecule has 0 radical (unpaired) electrons. The molecule has 0 fully saturated rings. The molecule has 0 aliphatic carbocycles. The Morgan fingerprint density at radius 1 is 1.00 bits per heavy atom. The average Bonchev–Trinajstić information content (AvgIpc) is 2.61. The standard InChI is InChI=1S/C20H30N2O2/c1-2-3-4-5-6-7-8-9-14-24-20-15-21-17-22(16-20)18-10-12-19(23)13-11-18/h10-13,15,17,23H,2-9,14,16H2,1H3. The second kappa shape index (κ2) is 10.7. The van der Waals surface area contributed by atoms with Crippen LogP contribution in [0.25, 0.3) is 0 Å². The highest BCUT2D eigenvalue weighted by Gasteiger charge is 2.11. The smallest absolute Gasteiger partial charge is 0.134 e. The summed E-state index contributed by atoms with van der Waals surface area (Å²) in [5.74, 6) is 1.17. The van der Waals surface area contributed by atoms with E-state index in [9.17, 15) is 5.11 Å². The first-order valence-electron chi connectivity index (χ1n) is 9.20. The van der Waals surface area contributed by atoms with Gasteiger partial charge in [-0.15, -0.1) is 0 Å². The normalized spacial score (nSPS) is 13.9. The maximum atomic E-state index is 9.37. The fraction of sp³-hybridized carbons (Fsp3) is 0.550. The summed E-state index contributed by atoms with van der Waals surface area (Å²) in [7, 11) is 0. The molecular weight excluding hydrogens is 300 g/mol. The van der Waals surface area contributed by atoms with E-state index in [2.05, 4.69) is 11.9 Å². The molecular formula is C20H30N2O2. The molecule has 1 heterocycles. The molecule has 0 unspecified atom stereocenters. The molecule has 2 rings (SSSR count). The van der Waals surface area contributed by atoms with Gasteiger partial charge in [-0.25, -0.2) is 4.99 Å². The lowest BCUT2D eigenvalue weighted by Crippen LogP contribution is -2.27. The lowest BCUT2D eigenvalue weighted by atomic mass is 10.1. The largest absolute Gasteiger partial charge is 0.508 e. The highest BCUT2D eigenvalue weighted by molar-refractivity contribution is 5.81. The minimum atomic E-state index is 0.273. The zero-order valence-electron chi connectivity index (χ0n) is 14.8. The van der Waals surface area contributed by atoms with E-state index in [1.807, 2.05) is 17.0 Å². The van der Waals surface area contributed by atoms with Gasteiger partial charge < -0.3 is 14.7 Å². The monoisotopic (exact) mass is 330 g/mol. The van der Waals surface area contributed by atoms with Crippen molar-refractivity contribution in [1.82, 2.24) is 0 Å². The predicted molar refractivity (Wildman–Crippen MR) is 101 cm³/mol. The van der Waals surface area contributed by atoms with Gasteiger partial charge in [0.05, 0.1) is 25.7 Å². The van der Waals surface area contributed by atoms with Gasteiger partial charge in [0.15, 0.2) is 0 Å². The quantitative estimate of drug-likeness (QED) is 0.564. The molecule has 0 spiro atoms. The zero-order valence-corrected chi connectivity index (χ0v) is 14.8. The summed E-state index contributed by atoms with van der Waals surface area (Å²) >= 11 is 0. The van der Waals surface area contributed by atoms with E-state index in [4.69, 9.17) is 4.74 Å². The molecule has 0 saturated heterocycles. The Labute approximate surface area is 145 Å². The molecule has 132 valence electrons. The lowest BCUT2D eigenvalue weighted by Gasteiger charge is -2.23. The van der Waals surface area contributed by atoms with Crippen molar-refractivity contribution in [2.45, 2.75) is 58.3 Å². The van der Waals surface area contributed by atoms with Crippen LogP contribution in [0.4, 0.5) is 5.69 Å². The number of hydrogen-bond donors (Lipinski definition) is 1. The van der Waals surface area contributed by atoms with Crippen molar-refractivity contribution in [3.8, 4) is 5.75 Å². The molecule has 1 aliphatic rings. The molecule has 4 heteroatoms. The van der Waals surface area contributed by atoms with E-state index in [-0.39, 0.29) is 5.75 Å². The maximum absolute atomic E-state index is 9.37. The third-order valence-electron chi connectivity index (χ3n) is 4.22. The van der Waals surface area contributed by atoms with Crippen LogP contribution in [0, 0.1) is 0 Å². The first kappa shape index (κ1) is 18.4. The van der Waals surface area contributed by atoms with Crippen LogP contribution in [0.1, 0.15) is 58.3 Å². The van der Waals surface area contributed by atoms with Gasteiger partial charge in [0, 0.05) is 5.69 Å². The molecule has 1 aromatic rings. The third kappa shape index (κ3) is 6.65. The van der Waals surface area contributed by atoms with E-state index >= 15 is 0 Å². The summed E-state index contributed by atoms with van der Waals surface area (Å²) in [6, 6.07) is 7.12. The van der Waals surface area contributed by atoms with Crippen LogP contribution in [-0.2, 0) is 4.74 Å². The van der Waals surface area contributed by atoms with Gasteiger partial charge in [-0.05, 0) is 30.7 Å². The highest BCUT2D eigenvalue weighted by Crippen LogP contribution is 2.20. The van der Waals surface area contributed by atoms with Gasteiger partial charge in [-0.3, -0.25) is 0 Å². The average molecular weight is 330 g/mol. The third-order valence-corrected chi connectivity index (χ3v) is 4.22. The first-order valence-corrected chi connectivity index (χ1v) is 9.20. The molecule has 1 N–H and O–H groups in total. The second-order valence-electron chi connectivity index (χ2n) is 6.33. The number of ether oxygens (including phenoxy) is 1. The topological polar surface area (TPSA) is 45.1 Å². The molecule has 24 heavy (non-hydrogen) atoms. The van der Waals surface area contributed by atoms with E-state index in [1.165, 1.54) is 44.9 Å². The van der Waals surface area contributed by atoms with Gasteiger partial charge >= 0.3 is 0 Å². The molecule has 0 saturated carbocycles. The Morgan fingerprint density at radius 2 is 1.67 bits per heavy atom. The second-order valence-corrected chi connectivity index (χ2v) is 6.33. The van der Waals surface area contributed by atoms with E-state index in [0.717, 1.165) is 24.5 Å². The van der Waals surface area contributed by atoms with Gasteiger partial charge in [0.2, 0.25) is 0 Å². The van der Waals surface area contributed by atoms with Crippen LogP contribution in [0.3, 0.4) is 0 Å². The SMILES string of the molecule is CCCCCCCCCCOC1=CN=CN(c2ccc(O)cc2)C1. The Bertz CT molecular complexity index is 523. The van der Waals surface area contributed by atoms with Crippen molar-refractivity contribution in [3.05, 3.63) is 36.2 Å². The summed E-state index contributed by atoms with van der Waals surface area (Å²) in [5.41, 5.74) is 0.998. The number of unbranched alkanes of at least 4 members (excludes halogenated alkanes) is 7. The summed E-state index contributed by atoms with van der Waals surface area (Å²) < 4.78 is 5.86. The van der Waals surface area contributed by atoms with Crippen LogP contribution in [-0.4, -0.2) is 24.6 Å². The Balaban J connectivity index is 1.59.